The van der Waals surface area contributed by atoms with E-state index in [1.165, 1.54) is 54.6 Å². The quantitative estimate of drug-likeness (QED) is 0.134. The van der Waals surface area contributed by atoms with E-state index in [1.54, 1.807) is 35.5 Å². The van der Waals surface area contributed by atoms with E-state index in [0.717, 1.165) is 106 Å². The number of benzene rings is 6. The predicted octanol–water partition coefficient (Wildman–Crippen LogP) is 16.5. The fourth-order valence-corrected chi connectivity index (χ4v) is 12.9. The van der Waals surface area contributed by atoms with Crippen molar-refractivity contribution in [1.29, 1.82) is 0 Å². The van der Waals surface area contributed by atoms with Gasteiger partial charge in [-0.3, -0.25) is 14.4 Å². The van der Waals surface area contributed by atoms with Gasteiger partial charge in [-0.05, 0) is 164 Å². The van der Waals surface area contributed by atoms with Crippen LogP contribution in [0.5, 0.6) is 0 Å². The number of hydrogen-bond donors (Lipinski definition) is 0. The minimum absolute atomic E-state index is 0.0460. The number of nitrogens with zero attached hydrogens (tertiary/aromatic N) is 6. The Bertz CT molecular complexity index is 3360. The molecule has 3 amide bonds. The van der Waals surface area contributed by atoms with Crippen LogP contribution in [0.25, 0.3) is 0 Å². The summed E-state index contributed by atoms with van der Waals surface area (Å²) in [5.41, 5.74) is 1.66. The molecule has 3 aliphatic carbocycles. The third-order valence-corrected chi connectivity index (χ3v) is 18.7. The van der Waals surface area contributed by atoms with Gasteiger partial charge in [-0.1, -0.05) is 54.6 Å². The SMILES string of the molecule is Cc1ccc(C(F)(F)F)cc1N1CCN(C(=O)[C@@H]2C[C@@H]2c2ccc(C(F)(F)F)cc2)CC1.Cc1ccc(C(F)(F)F)cc1N1CCN(C(=O)[C@H]2CC2c2ccc(C(F)(F)F)cc2)CC1.Cc1ccc(C(F)(F)F)cc1N1CCN(C(=O)[C@H]2C[C@H]2c2ccc(C(F)(F)F)cc2)CC1. The Hall–Kier alpha value is -8.13. The summed E-state index contributed by atoms with van der Waals surface area (Å²) in [6.07, 6.45) is -24.6. The second kappa shape index (κ2) is 27.1. The maximum atomic E-state index is 13.1. The molecule has 6 atom stereocenters. The van der Waals surface area contributed by atoms with Gasteiger partial charge in [0.2, 0.25) is 17.7 Å². The standard InChI is InChI=1S/3C23H22F6N2O/c3*1-14-2-5-17(23(27,28)29)12-20(14)30-8-10-31(11-9-30)21(32)19-13-18(19)15-3-6-16(7-4-15)22(24,25)26/h3*2-7,12,18-19H,8-11,13H2,1H3/t18?,19-;2*18-,19-/m010/s1. The van der Waals surface area contributed by atoms with Crippen LogP contribution in [-0.2, 0) is 51.4 Å². The summed E-state index contributed by atoms with van der Waals surface area (Å²) >= 11 is 0. The van der Waals surface area contributed by atoms with Crippen LogP contribution in [-0.4, -0.2) is 111 Å². The molecule has 96 heavy (non-hydrogen) atoms. The van der Waals surface area contributed by atoms with Crippen molar-refractivity contribution in [1.82, 2.24) is 14.7 Å². The van der Waals surface area contributed by atoms with E-state index in [-0.39, 0.29) is 53.2 Å². The Morgan fingerprint density at radius 3 is 0.656 bits per heavy atom. The van der Waals surface area contributed by atoms with Gasteiger partial charge in [-0.15, -0.1) is 0 Å². The highest BCUT2D eigenvalue weighted by Gasteiger charge is 2.49. The monoisotopic (exact) mass is 1370 g/mol. The Morgan fingerprint density at radius 1 is 0.281 bits per heavy atom. The van der Waals surface area contributed by atoms with E-state index in [2.05, 4.69) is 0 Å². The molecule has 9 nitrogen and oxygen atoms in total. The molecule has 6 aromatic rings. The first kappa shape index (κ1) is 70.7. The summed E-state index contributed by atoms with van der Waals surface area (Å²) in [4.78, 5) is 49.2. The van der Waals surface area contributed by atoms with Gasteiger partial charge in [0.05, 0.1) is 33.4 Å². The molecule has 0 aromatic heterocycles. The van der Waals surface area contributed by atoms with E-state index < -0.39 is 70.4 Å². The highest BCUT2D eigenvalue weighted by Crippen LogP contribution is 2.52. The lowest BCUT2D eigenvalue weighted by molar-refractivity contribution is -0.138. The van der Waals surface area contributed by atoms with Crippen molar-refractivity contribution in [2.45, 2.75) is 94.8 Å². The zero-order valence-corrected chi connectivity index (χ0v) is 51.9. The van der Waals surface area contributed by atoms with Crippen molar-refractivity contribution in [3.63, 3.8) is 0 Å². The molecule has 0 N–H and O–H groups in total. The summed E-state index contributed by atoms with van der Waals surface area (Å²) in [5, 5.41) is 0. The molecule has 12 rings (SSSR count). The van der Waals surface area contributed by atoms with Gasteiger partial charge in [0.1, 0.15) is 0 Å². The lowest BCUT2D eigenvalue weighted by Crippen LogP contribution is -2.49. The number of rotatable bonds is 9. The highest BCUT2D eigenvalue weighted by atomic mass is 19.4. The number of alkyl halides is 18. The highest BCUT2D eigenvalue weighted by molar-refractivity contribution is 5.85. The molecular formula is C69H66F18N6O3. The molecule has 0 radical (unpaired) electrons. The average Bonchev–Trinajstić information content (AvgIpc) is 1.65. The third-order valence-electron chi connectivity index (χ3n) is 18.7. The van der Waals surface area contributed by atoms with E-state index in [1.807, 2.05) is 14.7 Å². The second-order valence-electron chi connectivity index (χ2n) is 25.1. The van der Waals surface area contributed by atoms with Gasteiger partial charge in [-0.2, -0.15) is 79.0 Å². The molecule has 0 spiro atoms. The first-order valence-electron chi connectivity index (χ1n) is 31.0. The number of amides is 3. The lowest BCUT2D eigenvalue weighted by Gasteiger charge is -2.37. The molecule has 27 heteroatoms. The maximum absolute atomic E-state index is 13.1. The summed E-state index contributed by atoms with van der Waals surface area (Å²) in [6, 6.07) is 25.7. The maximum Gasteiger partial charge on any atom is 0.416 e. The molecule has 3 aliphatic heterocycles. The number of carbonyl (C=O) groups excluding carboxylic acids is 3. The minimum atomic E-state index is -4.42. The van der Waals surface area contributed by atoms with Crippen molar-refractivity contribution < 1.29 is 93.4 Å². The molecular weight excluding hydrogens is 1300 g/mol. The fraction of sp³-hybridized carbons (Fsp3) is 0.435. The molecule has 0 bridgehead atoms. The molecule has 3 saturated carbocycles. The van der Waals surface area contributed by atoms with E-state index in [0.29, 0.717) is 115 Å². The van der Waals surface area contributed by atoms with Crippen LogP contribution in [0.4, 0.5) is 96.1 Å². The van der Waals surface area contributed by atoms with Crippen LogP contribution < -0.4 is 14.7 Å². The van der Waals surface area contributed by atoms with Crippen molar-refractivity contribution in [3.8, 4) is 0 Å². The molecule has 1 unspecified atom stereocenters. The Balaban J connectivity index is 0.000000157. The van der Waals surface area contributed by atoms with Crippen molar-refractivity contribution >= 4 is 34.8 Å². The summed E-state index contributed by atoms with van der Waals surface area (Å²) in [5.74, 6) is -1.17. The van der Waals surface area contributed by atoms with Crippen molar-refractivity contribution in [2.75, 3.05) is 93.2 Å². The number of aryl methyl sites for hydroxylation is 3. The van der Waals surface area contributed by atoms with Gasteiger partial charge in [0.15, 0.2) is 0 Å². The number of anilines is 3. The van der Waals surface area contributed by atoms with Crippen LogP contribution in [0, 0.1) is 38.5 Å². The average molecular weight is 1370 g/mol. The van der Waals surface area contributed by atoms with Crippen molar-refractivity contribution in [3.05, 3.63) is 194 Å². The molecule has 6 aliphatic rings. The summed E-state index contributed by atoms with van der Waals surface area (Å²) in [6.45, 7) is 10.2. The predicted molar refractivity (Wildman–Crippen MR) is 322 cm³/mol. The van der Waals surface area contributed by atoms with Gasteiger partial charge >= 0.3 is 37.1 Å². The number of halogens is 18. The van der Waals surface area contributed by atoms with E-state index in [4.69, 9.17) is 0 Å². The summed E-state index contributed by atoms with van der Waals surface area (Å²) < 4.78 is 232. The minimum Gasteiger partial charge on any atom is -0.368 e. The van der Waals surface area contributed by atoms with Crippen LogP contribution in [0.1, 0.15) is 104 Å². The summed E-state index contributed by atoms with van der Waals surface area (Å²) in [7, 11) is 0. The molecule has 6 aromatic carbocycles. The Labute approximate surface area is 541 Å². The number of carbonyl (C=O) groups is 3. The van der Waals surface area contributed by atoms with Gasteiger partial charge in [-0.25, -0.2) is 0 Å². The van der Waals surface area contributed by atoms with Gasteiger partial charge in [0, 0.05) is 113 Å². The molecule has 3 saturated heterocycles. The first-order valence-corrected chi connectivity index (χ1v) is 31.0. The number of piperazine rings is 3. The molecule has 3 heterocycles. The smallest absolute Gasteiger partial charge is 0.368 e. The van der Waals surface area contributed by atoms with Gasteiger partial charge < -0.3 is 29.4 Å². The zero-order valence-electron chi connectivity index (χ0n) is 51.9. The van der Waals surface area contributed by atoms with Crippen LogP contribution in [0.3, 0.4) is 0 Å². The largest absolute Gasteiger partial charge is 0.416 e. The van der Waals surface area contributed by atoms with Crippen LogP contribution in [0.2, 0.25) is 0 Å². The van der Waals surface area contributed by atoms with Crippen LogP contribution in [0.15, 0.2) is 127 Å². The van der Waals surface area contributed by atoms with E-state index in [9.17, 15) is 93.4 Å². The van der Waals surface area contributed by atoms with Crippen molar-refractivity contribution in [2.24, 2.45) is 17.8 Å². The fourth-order valence-electron chi connectivity index (χ4n) is 12.9. The van der Waals surface area contributed by atoms with Gasteiger partial charge in [0.25, 0.3) is 0 Å². The second-order valence-corrected chi connectivity index (χ2v) is 25.1. The molecule has 516 valence electrons. The normalized spacial score (nSPS) is 21.6. The first-order chi connectivity index (χ1) is 44.8. The Morgan fingerprint density at radius 2 is 0.469 bits per heavy atom. The van der Waals surface area contributed by atoms with E-state index >= 15 is 0 Å². The lowest BCUT2D eigenvalue weighted by atomic mass is 10.1. The Kier molecular flexibility index (Phi) is 19.9. The zero-order chi connectivity index (χ0) is 69.8. The topological polar surface area (TPSA) is 70.7 Å². The van der Waals surface area contributed by atoms with Crippen LogP contribution >= 0.6 is 0 Å². The third kappa shape index (κ3) is 16.6. The number of hydrogen-bond acceptors (Lipinski definition) is 6. The molecule has 6 fully saturated rings.